The molecule has 6 aromatic carbocycles. The molecule has 4 aliphatic heterocycles. The third kappa shape index (κ3) is 28.8. The van der Waals surface area contributed by atoms with E-state index in [1.807, 2.05) is 116 Å². The molecule has 11 N–H and O–H groups in total. The van der Waals surface area contributed by atoms with Crippen LogP contribution in [0.2, 0.25) is 10.3 Å². The first kappa shape index (κ1) is 122. The summed E-state index contributed by atoms with van der Waals surface area (Å²) in [6.45, 7) is 35.1. The normalized spacial score (nSPS) is 14.4. The Balaban J connectivity index is 0.000000269. The molecule has 10 aromatic rings. The molecule has 8 heterocycles. The molecule has 0 radical (unpaired) electrons. The number of H-pyrrole nitrogens is 1. The molecule has 0 unspecified atom stereocenters. The van der Waals surface area contributed by atoms with Crippen LogP contribution >= 0.6 is 23.2 Å². The topological polar surface area (TPSA) is 471 Å². The number of rotatable bonds is 27. The average Bonchev–Trinajstić information content (AvgIpc) is 1.53. The Morgan fingerprint density at radius 2 is 0.777 bits per heavy atom. The number of carbonyl (C=O) groups excluding carboxylic acids is 5. The van der Waals surface area contributed by atoms with Crippen molar-refractivity contribution in [1.29, 1.82) is 0 Å². The third-order valence-corrected chi connectivity index (χ3v) is 27.1. The van der Waals surface area contributed by atoms with E-state index in [0.29, 0.717) is 108 Å². The Morgan fingerprint density at radius 3 is 1.11 bits per heavy atom. The summed E-state index contributed by atoms with van der Waals surface area (Å²) in [5, 5.41) is 26.1. The fourth-order valence-corrected chi connectivity index (χ4v) is 16.6. The number of hydrogen-bond acceptors (Lipinski definition) is 25. The summed E-state index contributed by atoms with van der Waals surface area (Å²) in [7, 11) is 6.75. The SMILES string of the molecule is CC[C@H](C)Nc1cc(F)c(C(=O)N[C@@H](Cc2ccc(-c3nc(C)c(C)n(C)c3=O)c3c2CCCO3)C(=O)O)c(F)c1.CC[C@H](C)Nc1cc(F)c(C(=O)N[C@@H](Cc2ccc(-c3nc(C)c(C)n(C)c3=O)c3c2CCCO3)C(=O)OC)c(F)c1.CC[C@H](C)Nc1cc(F)c(C(=O)N[C@@H](Cc2ccc(B3OC(C)(C)C(C)(C)O3)c3c2CCCO3)C(=O)OC)c(F)c1.Cc1nc(Cl)c(=O)[nH]c1C.Cc1nc(Cl)c(=O)n(C)c1C.O.[Li+].[OH-]. The molecule has 0 saturated carbocycles. The molecule has 14 rings (SSSR count). The molecule has 4 aliphatic rings. The zero-order chi connectivity index (χ0) is 107. The number of carbonyl (C=O) groups is 6. The van der Waals surface area contributed by atoms with Crippen LogP contribution in [0.1, 0.15) is 218 Å². The van der Waals surface area contributed by atoms with E-state index in [2.05, 4.69) is 56.8 Å². The van der Waals surface area contributed by atoms with Crippen molar-refractivity contribution in [3.8, 4) is 39.8 Å². The van der Waals surface area contributed by atoms with Gasteiger partial charge in [0.2, 0.25) is 0 Å². The van der Waals surface area contributed by atoms with E-state index >= 15 is 0 Å². The van der Waals surface area contributed by atoms with Crippen LogP contribution in [0.3, 0.4) is 0 Å². The standard InChI is InChI=1S/C31H36F2N4O5.C30H39BF2N2O6.C30H34F2N4O5.C7H9ClN2O.C6H7ClN2O.Li.2H2O/c1-7-16(2)34-20-14-23(32)26(24(33)15-20)29(38)36-25(31(40)41-6)13-19-10-11-22(28-21(19)9-8-12-42-28)27-30(39)37(5)18(4)17(3)35-27;1-8-17(2)34-19-15-22(32)25(23(33)16-19)27(36)35-24(28(37)38-7)14-18-11-12-21(26-20(18)10-9-13-39-26)31-40-29(3,4)30(5,6)41-31;1-6-15(2)33-19-13-22(31)25(23(32)14-19)28(37)35-24(30(39)40)12-18-9-10-21(27-20(18)8-7-11-41-27)26-29(38)36(5)17(4)16(3)34-26;1-4-5(2)10(3)7(11)6(8)9-4;1-3-4(2)9-6(10)5(7)8-3;;;/h10-11,14-16,25,34H,7-9,12-13H2,1-6H3,(H,36,38);11-12,15-17,24,34H,8-10,13-14H2,1-7H3,(H,35,36);9-10,13-15,24,33H,6-8,11-12H2,1-5H3,(H,35,37)(H,39,40);1-3H3;1-2H3,(H,9,10);;2*1H2/q;;;;;+1;;/p-1/t16-,25-;17-,24-;15-,24-;;;;;/m000...../s1. The molecule has 4 aromatic heterocycles. The number of aromatic nitrogens is 8. The number of hydrogen-bond donors (Lipinski definition) is 8. The number of anilines is 3. The second-order valence-electron chi connectivity index (χ2n) is 37.1. The van der Waals surface area contributed by atoms with Gasteiger partial charge in [-0.1, -0.05) is 68.2 Å². The van der Waals surface area contributed by atoms with Gasteiger partial charge in [0, 0.05) is 115 Å². The van der Waals surface area contributed by atoms with Crippen molar-refractivity contribution in [2.24, 2.45) is 21.1 Å². The second kappa shape index (κ2) is 52.8. The predicted octanol–water partition coefficient (Wildman–Crippen LogP) is 11.1. The van der Waals surface area contributed by atoms with E-state index in [1.165, 1.54) is 27.9 Å². The quantitative estimate of drug-likeness (QED) is 0.0135. The summed E-state index contributed by atoms with van der Waals surface area (Å²) in [6.07, 6.45) is 5.99. The van der Waals surface area contributed by atoms with Crippen LogP contribution < -0.4 is 92.7 Å². The number of aliphatic carboxylic acids is 1. The van der Waals surface area contributed by atoms with Crippen molar-refractivity contribution in [3.05, 3.63) is 255 Å². The monoisotopic (exact) mass is 2090 g/mol. The minimum Gasteiger partial charge on any atom is -0.870 e. The largest absolute Gasteiger partial charge is 1.00 e. The van der Waals surface area contributed by atoms with E-state index < -0.39 is 124 Å². The summed E-state index contributed by atoms with van der Waals surface area (Å²) in [4.78, 5) is 144. The molecule has 6 atom stereocenters. The maximum Gasteiger partial charge on any atom is 1.00 e. The molecule has 148 heavy (non-hydrogen) atoms. The minimum atomic E-state index is -1.48. The van der Waals surface area contributed by atoms with E-state index in [0.717, 1.165) is 118 Å². The Hall–Kier alpha value is -12.9. The van der Waals surface area contributed by atoms with Crippen LogP contribution in [0.4, 0.5) is 43.4 Å². The van der Waals surface area contributed by atoms with E-state index in [1.54, 1.807) is 66.2 Å². The molecule has 3 amide bonds. The van der Waals surface area contributed by atoms with Crippen LogP contribution in [-0.2, 0) is 92.8 Å². The molecule has 44 heteroatoms. The number of nitrogens with one attached hydrogen (secondary N) is 7. The van der Waals surface area contributed by atoms with Crippen LogP contribution in [0.5, 0.6) is 17.2 Å². The van der Waals surface area contributed by atoms with Gasteiger partial charge >= 0.3 is 43.9 Å². The molecule has 794 valence electrons. The summed E-state index contributed by atoms with van der Waals surface area (Å²) in [5.74, 6) is -11.0. The number of fused-ring (bicyclic) bond motifs is 3. The number of ether oxygens (including phenoxy) is 5. The number of nitrogens with zero attached hydrogens (tertiary/aromatic N) is 7. The maximum absolute atomic E-state index is 14.9. The van der Waals surface area contributed by atoms with E-state index in [9.17, 15) is 79.4 Å². The molecule has 0 aliphatic carbocycles. The number of methoxy groups -OCH3 is 2. The minimum absolute atomic E-state index is 0. The maximum atomic E-state index is 14.9. The van der Waals surface area contributed by atoms with Crippen LogP contribution in [0.25, 0.3) is 22.5 Å². The predicted molar refractivity (Wildman–Crippen MR) is 547 cm³/mol. The Bertz CT molecular complexity index is 6770. The van der Waals surface area contributed by atoms with Gasteiger partial charge in [-0.3, -0.25) is 33.6 Å². The fraction of sp³-hybridized carbons (Fsp3) is 0.442. The van der Waals surface area contributed by atoms with E-state index in [4.69, 9.17) is 56.2 Å². The summed E-state index contributed by atoms with van der Waals surface area (Å²) in [6, 6.07) is 12.7. The van der Waals surface area contributed by atoms with E-state index in [-0.39, 0.29) is 128 Å². The van der Waals surface area contributed by atoms with Crippen molar-refractivity contribution in [1.82, 2.24) is 54.6 Å². The van der Waals surface area contributed by atoms with Crippen molar-refractivity contribution in [2.45, 2.75) is 249 Å². The Morgan fingerprint density at radius 1 is 0.473 bits per heavy atom. The number of aromatic amines is 1. The van der Waals surface area contributed by atoms with Gasteiger partial charge in [0.05, 0.1) is 68.0 Å². The van der Waals surface area contributed by atoms with Crippen molar-refractivity contribution in [2.75, 3.05) is 50.0 Å². The van der Waals surface area contributed by atoms with Gasteiger partial charge in [0.1, 0.15) is 98.4 Å². The van der Waals surface area contributed by atoms with Gasteiger partial charge < -0.3 is 99.6 Å². The fourth-order valence-electron chi connectivity index (χ4n) is 16.2. The van der Waals surface area contributed by atoms with Gasteiger partial charge in [0.25, 0.3) is 40.0 Å². The molecule has 0 bridgehead atoms. The number of carboxylic acids is 1. The first-order valence-corrected chi connectivity index (χ1v) is 48.3. The third-order valence-electron chi connectivity index (χ3n) is 26.6. The van der Waals surface area contributed by atoms with Crippen molar-refractivity contribution >= 4 is 88.5 Å². The van der Waals surface area contributed by atoms with Crippen LogP contribution in [0.15, 0.2) is 92.0 Å². The van der Waals surface area contributed by atoms with Gasteiger partial charge in [0.15, 0.2) is 10.3 Å². The summed E-state index contributed by atoms with van der Waals surface area (Å²) in [5.41, 5.74) is 8.59. The van der Waals surface area contributed by atoms with Gasteiger partial charge in [-0.05, 0) is 244 Å². The Labute approximate surface area is 876 Å². The zero-order valence-corrected chi connectivity index (χ0v) is 89.1. The average molecular weight is 2100 g/mol. The molecule has 1 saturated heterocycles. The van der Waals surface area contributed by atoms with Gasteiger partial charge in [-0.15, -0.1) is 0 Å². The van der Waals surface area contributed by atoms with Crippen LogP contribution in [0, 0.1) is 90.3 Å². The second-order valence-corrected chi connectivity index (χ2v) is 37.8. The smallest absolute Gasteiger partial charge is 0.870 e. The molecule has 1 fully saturated rings. The first-order valence-electron chi connectivity index (χ1n) is 47.6. The van der Waals surface area contributed by atoms with Gasteiger partial charge in [-0.25, -0.2) is 60.7 Å². The molecule has 0 spiro atoms. The number of aryl methyl sites for hydroxylation is 5. The zero-order valence-electron chi connectivity index (χ0n) is 87.6. The molecular weight excluding hydrogens is 1970 g/mol. The van der Waals surface area contributed by atoms with Crippen molar-refractivity contribution in [3.63, 3.8) is 0 Å². The number of esters is 2. The number of halogens is 8. The number of carboxylic acid groups (broad SMARTS) is 1. The summed E-state index contributed by atoms with van der Waals surface area (Å²) < 4.78 is 134. The molecular formula is C104H128BCl2F6LiN14O20. The van der Waals surface area contributed by atoms with Gasteiger partial charge in [-0.2, -0.15) is 0 Å². The summed E-state index contributed by atoms with van der Waals surface area (Å²) >= 11 is 11.0. The van der Waals surface area contributed by atoms with Crippen molar-refractivity contribution < 1.29 is 123 Å². The Kier molecular flexibility index (Phi) is 43.6. The number of amides is 3. The van der Waals surface area contributed by atoms with Crippen LogP contribution in [-0.4, -0.2) is 179 Å². The molecule has 34 nitrogen and oxygen atoms in total. The first-order chi connectivity index (χ1) is 68.3. The number of benzene rings is 6.